The van der Waals surface area contributed by atoms with Crippen molar-refractivity contribution in [3.63, 3.8) is 0 Å². The van der Waals surface area contributed by atoms with Crippen LogP contribution in [-0.2, 0) is 0 Å². The second-order valence-corrected chi connectivity index (χ2v) is 5.37. The number of fused-ring (bicyclic) bond motifs is 1. The Morgan fingerprint density at radius 1 is 1.04 bits per heavy atom. The Bertz CT molecular complexity index is 1120. The number of benzene rings is 2. The minimum atomic E-state index is -0.577. The molecule has 0 aliphatic heterocycles. The molecule has 7 nitrogen and oxygen atoms in total. The van der Waals surface area contributed by atoms with Crippen molar-refractivity contribution in [3.8, 4) is 5.69 Å². The van der Waals surface area contributed by atoms with E-state index in [9.17, 15) is 9.59 Å². The highest BCUT2D eigenvalue weighted by Crippen LogP contribution is 2.19. The van der Waals surface area contributed by atoms with Crippen molar-refractivity contribution in [2.24, 2.45) is 0 Å². The number of anilines is 1. The first-order valence-corrected chi connectivity index (χ1v) is 7.62. The number of hydrogen-bond acceptors (Lipinski definition) is 4. The van der Waals surface area contributed by atoms with Crippen molar-refractivity contribution in [3.05, 3.63) is 82.9 Å². The van der Waals surface area contributed by atoms with Gasteiger partial charge in [0.1, 0.15) is 0 Å². The fourth-order valence-electron chi connectivity index (χ4n) is 2.60. The van der Waals surface area contributed by atoms with Gasteiger partial charge in [-0.1, -0.05) is 24.3 Å². The van der Waals surface area contributed by atoms with Crippen molar-refractivity contribution in [1.82, 2.24) is 20.0 Å². The molecule has 0 fully saturated rings. The van der Waals surface area contributed by atoms with Crippen LogP contribution in [0, 0.1) is 0 Å². The summed E-state index contributed by atoms with van der Waals surface area (Å²) in [5.74, 6) is -0.577. The summed E-state index contributed by atoms with van der Waals surface area (Å²) in [5.41, 5.74) is 1.21. The molecule has 4 aromatic rings. The van der Waals surface area contributed by atoms with E-state index in [1.54, 1.807) is 59.5 Å². The molecule has 0 aliphatic rings. The molecule has 0 atom stereocenters. The number of carbonyl (C=O) groups excluding carboxylic acids is 1. The monoisotopic (exact) mass is 331 g/mol. The van der Waals surface area contributed by atoms with Crippen molar-refractivity contribution >= 4 is 22.5 Å². The lowest BCUT2D eigenvalue weighted by Crippen LogP contribution is -2.24. The van der Waals surface area contributed by atoms with E-state index in [1.165, 1.54) is 0 Å². The summed E-state index contributed by atoms with van der Waals surface area (Å²) in [6.45, 7) is 0. The van der Waals surface area contributed by atoms with Crippen molar-refractivity contribution in [2.45, 2.75) is 0 Å². The van der Waals surface area contributed by atoms with Gasteiger partial charge in [-0.05, 0) is 30.3 Å². The first-order valence-electron chi connectivity index (χ1n) is 7.62. The zero-order valence-corrected chi connectivity index (χ0v) is 13.0. The third kappa shape index (κ3) is 2.67. The van der Waals surface area contributed by atoms with Gasteiger partial charge >= 0.3 is 0 Å². The lowest BCUT2D eigenvalue weighted by Gasteiger charge is -2.10. The molecule has 0 saturated heterocycles. The number of aromatic amines is 1. The van der Waals surface area contributed by atoms with E-state index in [0.717, 1.165) is 0 Å². The molecule has 4 rings (SSSR count). The van der Waals surface area contributed by atoms with E-state index in [1.807, 2.05) is 12.1 Å². The van der Waals surface area contributed by atoms with E-state index in [-0.39, 0.29) is 5.69 Å². The normalized spacial score (nSPS) is 10.7. The number of rotatable bonds is 3. The second kappa shape index (κ2) is 6.04. The molecular formula is C18H13N5O2. The number of amides is 1. The van der Waals surface area contributed by atoms with Crippen molar-refractivity contribution in [1.29, 1.82) is 0 Å². The molecule has 0 radical (unpaired) electrons. The molecule has 0 aliphatic carbocycles. The van der Waals surface area contributed by atoms with E-state index in [0.29, 0.717) is 22.3 Å². The van der Waals surface area contributed by atoms with Crippen molar-refractivity contribution < 1.29 is 4.79 Å². The number of aromatic nitrogens is 4. The highest BCUT2D eigenvalue weighted by atomic mass is 16.2. The second-order valence-electron chi connectivity index (χ2n) is 5.37. The first-order chi connectivity index (χ1) is 12.2. The fourth-order valence-corrected chi connectivity index (χ4v) is 2.60. The van der Waals surface area contributed by atoms with Gasteiger partial charge in [-0.3, -0.25) is 14.7 Å². The molecule has 2 heterocycles. The predicted molar refractivity (Wildman–Crippen MR) is 93.9 cm³/mol. The molecule has 122 valence electrons. The summed E-state index contributed by atoms with van der Waals surface area (Å²) in [6, 6.07) is 15.9. The van der Waals surface area contributed by atoms with Crippen LogP contribution in [-0.4, -0.2) is 25.9 Å². The zero-order valence-electron chi connectivity index (χ0n) is 13.0. The maximum Gasteiger partial charge on any atom is 0.280 e. The topological polar surface area (TPSA) is 92.7 Å². The van der Waals surface area contributed by atoms with Crippen LogP contribution in [0.5, 0.6) is 0 Å². The van der Waals surface area contributed by atoms with E-state index in [4.69, 9.17) is 0 Å². The van der Waals surface area contributed by atoms with E-state index in [2.05, 4.69) is 20.6 Å². The van der Waals surface area contributed by atoms with E-state index < -0.39 is 11.3 Å². The summed E-state index contributed by atoms with van der Waals surface area (Å²) in [7, 11) is 0. The van der Waals surface area contributed by atoms with Gasteiger partial charge in [0.15, 0.2) is 5.69 Å². The number of H-pyrrole nitrogens is 1. The lowest BCUT2D eigenvalue weighted by molar-refractivity contribution is 0.102. The van der Waals surface area contributed by atoms with Crippen LogP contribution in [0.25, 0.3) is 16.6 Å². The van der Waals surface area contributed by atoms with Gasteiger partial charge in [-0.2, -0.15) is 10.2 Å². The highest BCUT2D eigenvalue weighted by molar-refractivity contribution is 6.05. The SMILES string of the molecule is O=C(Nc1ccccc1-n1cccn1)c1n[nH]c2ccccc2c1=O. The van der Waals surface area contributed by atoms with Crippen LogP contribution >= 0.6 is 0 Å². The maximum atomic E-state index is 12.6. The number of para-hydroxylation sites is 3. The zero-order chi connectivity index (χ0) is 17.2. The van der Waals surface area contributed by atoms with Crippen LogP contribution in [0.4, 0.5) is 5.69 Å². The quantitative estimate of drug-likeness (QED) is 0.603. The first kappa shape index (κ1) is 14.8. The molecular weight excluding hydrogens is 318 g/mol. The van der Waals surface area contributed by atoms with Crippen LogP contribution in [0.1, 0.15) is 10.5 Å². The summed E-state index contributed by atoms with van der Waals surface area (Å²) >= 11 is 0. The molecule has 25 heavy (non-hydrogen) atoms. The number of carbonyl (C=O) groups is 1. The summed E-state index contributed by atoms with van der Waals surface area (Å²) < 4.78 is 1.63. The Labute approximate surface area is 141 Å². The third-order valence-electron chi connectivity index (χ3n) is 3.79. The standard InChI is InChI=1S/C18H13N5O2/c24-17-12-6-1-2-7-13(12)21-22-16(17)18(25)20-14-8-3-4-9-15(14)23-11-5-10-19-23/h1-11H,(H,20,25)(H,21,24). The molecule has 2 aromatic heterocycles. The average molecular weight is 331 g/mol. The Balaban J connectivity index is 1.72. The highest BCUT2D eigenvalue weighted by Gasteiger charge is 2.16. The number of hydrogen-bond donors (Lipinski definition) is 2. The average Bonchev–Trinajstić information content (AvgIpc) is 3.17. The summed E-state index contributed by atoms with van der Waals surface area (Å²) in [4.78, 5) is 25.1. The molecule has 0 saturated carbocycles. The maximum absolute atomic E-state index is 12.6. The fraction of sp³-hybridized carbons (Fsp3) is 0. The molecule has 0 spiro atoms. The molecule has 2 N–H and O–H groups in total. The molecule has 7 heteroatoms. The Hall–Kier alpha value is -3.74. The molecule has 2 aromatic carbocycles. The lowest BCUT2D eigenvalue weighted by atomic mass is 10.2. The largest absolute Gasteiger partial charge is 0.319 e. The minimum absolute atomic E-state index is 0.186. The van der Waals surface area contributed by atoms with Crippen LogP contribution in [0.3, 0.4) is 0 Å². The summed E-state index contributed by atoms with van der Waals surface area (Å²) in [6.07, 6.45) is 3.42. The van der Waals surface area contributed by atoms with Crippen LogP contribution in [0.2, 0.25) is 0 Å². The predicted octanol–water partition coefficient (Wildman–Crippen LogP) is 2.36. The van der Waals surface area contributed by atoms with Crippen LogP contribution in [0.15, 0.2) is 71.8 Å². The molecule has 1 amide bonds. The van der Waals surface area contributed by atoms with Gasteiger partial charge in [-0.25, -0.2) is 4.68 Å². The minimum Gasteiger partial charge on any atom is -0.319 e. The van der Waals surface area contributed by atoms with Gasteiger partial charge in [0.2, 0.25) is 5.43 Å². The smallest absolute Gasteiger partial charge is 0.280 e. The Morgan fingerprint density at radius 3 is 2.68 bits per heavy atom. The van der Waals surface area contributed by atoms with Gasteiger partial charge in [0.05, 0.1) is 16.9 Å². The number of nitrogens with zero attached hydrogens (tertiary/aromatic N) is 3. The molecule has 0 unspecified atom stereocenters. The van der Waals surface area contributed by atoms with E-state index >= 15 is 0 Å². The number of nitrogens with one attached hydrogen (secondary N) is 2. The summed E-state index contributed by atoms with van der Waals surface area (Å²) in [5, 5.41) is 14.0. The third-order valence-corrected chi connectivity index (χ3v) is 3.79. The Kier molecular flexibility index (Phi) is 3.59. The van der Waals surface area contributed by atoms with Gasteiger partial charge < -0.3 is 5.32 Å². The van der Waals surface area contributed by atoms with Gasteiger partial charge in [-0.15, -0.1) is 0 Å². The van der Waals surface area contributed by atoms with Crippen LogP contribution < -0.4 is 10.7 Å². The Morgan fingerprint density at radius 2 is 1.84 bits per heavy atom. The molecule has 0 bridgehead atoms. The van der Waals surface area contributed by atoms with Gasteiger partial charge in [0, 0.05) is 17.8 Å². The van der Waals surface area contributed by atoms with Crippen molar-refractivity contribution in [2.75, 3.05) is 5.32 Å². The van der Waals surface area contributed by atoms with Gasteiger partial charge in [0.25, 0.3) is 5.91 Å².